The molecule has 0 saturated heterocycles. The van der Waals surface area contributed by atoms with Crippen molar-refractivity contribution in [1.29, 1.82) is 0 Å². The van der Waals surface area contributed by atoms with Gasteiger partial charge >= 0.3 is 0 Å². The standard InChI is InChI=1S/C20H16N2O/c1-2-4-15(5-3-1)14-23-18-8-6-16(7-9-18)20-12-17-13-21-11-10-19(17)22-20/h1-13,22H,14H2. The monoisotopic (exact) mass is 300 g/mol. The number of hydrogen-bond donors (Lipinski definition) is 1. The van der Waals surface area contributed by atoms with Crippen LogP contribution in [0.1, 0.15) is 5.56 Å². The van der Waals surface area contributed by atoms with Crippen LogP contribution in [0.3, 0.4) is 0 Å². The topological polar surface area (TPSA) is 37.9 Å². The fraction of sp³-hybridized carbons (Fsp3) is 0.0500. The zero-order valence-corrected chi connectivity index (χ0v) is 12.6. The second-order valence-electron chi connectivity index (χ2n) is 5.44. The van der Waals surface area contributed by atoms with E-state index < -0.39 is 0 Å². The van der Waals surface area contributed by atoms with E-state index in [0.29, 0.717) is 6.61 Å². The molecule has 23 heavy (non-hydrogen) atoms. The molecule has 0 fully saturated rings. The molecule has 3 nitrogen and oxygen atoms in total. The summed E-state index contributed by atoms with van der Waals surface area (Å²) in [6, 6.07) is 22.4. The lowest BCUT2D eigenvalue weighted by Crippen LogP contribution is -1.94. The molecule has 0 atom stereocenters. The summed E-state index contributed by atoms with van der Waals surface area (Å²) in [4.78, 5) is 7.56. The third kappa shape index (κ3) is 2.94. The van der Waals surface area contributed by atoms with Crippen LogP contribution in [0.25, 0.3) is 22.2 Å². The zero-order chi connectivity index (χ0) is 15.5. The van der Waals surface area contributed by atoms with Crippen LogP contribution in [0.5, 0.6) is 5.75 Å². The van der Waals surface area contributed by atoms with Crippen molar-refractivity contribution in [3.63, 3.8) is 0 Å². The van der Waals surface area contributed by atoms with Crippen molar-refractivity contribution in [2.24, 2.45) is 0 Å². The molecule has 2 heterocycles. The van der Waals surface area contributed by atoms with E-state index in [1.807, 2.05) is 42.6 Å². The molecule has 0 saturated carbocycles. The van der Waals surface area contributed by atoms with Gasteiger partial charge in [0.25, 0.3) is 0 Å². The van der Waals surface area contributed by atoms with Gasteiger partial charge in [-0.3, -0.25) is 4.98 Å². The van der Waals surface area contributed by atoms with Crippen molar-refractivity contribution in [1.82, 2.24) is 9.97 Å². The Labute approximate surface area is 134 Å². The summed E-state index contributed by atoms with van der Waals surface area (Å²) in [5.74, 6) is 0.871. The van der Waals surface area contributed by atoms with E-state index in [1.54, 1.807) is 6.20 Å². The Bertz CT molecular complexity index is 878. The van der Waals surface area contributed by atoms with Crippen LogP contribution in [0.15, 0.2) is 79.1 Å². The lowest BCUT2D eigenvalue weighted by atomic mass is 10.1. The molecule has 4 rings (SSSR count). The molecule has 0 bridgehead atoms. The van der Waals surface area contributed by atoms with E-state index in [0.717, 1.165) is 27.9 Å². The van der Waals surface area contributed by atoms with Crippen molar-refractivity contribution in [2.45, 2.75) is 6.61 Å². The molecule has 1 N–H and O–H groups in total. The number of H-pyrrole nitrogens is 1. The van der Waals surface area contributed by atoms with Gasteiger partial charge in [0.05, 0.1) is 0 Å². The van der Waals surface area contributed by atoms with Gasteiger partial charge in [0.1, 0.15) is 12.4 Å². The highest BCUT2D eigenvalue weighted by Gasteiger charge is 2.04. The minimum atomic E-state index is 0.582. The number of hydrogen-bond acceptors (Lipinski definition) is 2. The van der Waals surface area contributed by atoms with Gasteiger partial charge in [0.15, 0.2) is 0 Å². The summed E-state index contributed by atoms with van der Waals surface area (Å²) in [7, 11) is 0. The highest BCUT2D eigenvalue weighted by molar-refractivity contribution is 5.85. The quantitative estimate of drug-likeness (QED) is 0.587. The molecule has 3 heteroatoms. The molecule has 0 aliphatic heterocycles. The van der Waals surface area contributed by atoms with Crippen molar-refractivity contribution in [3.8, 4) is 17.0 Å². The summed E-state index contributed by atoms with van der Waals surface area (Å²) in [6.45, 7) is 0.582. The van der Waals surface area contributed by atoms with E-state index in [2.05, 4.69) is 40.3 Å². The maximum atomic E-state index is 5.82. The van der Waals surface area contributed by atoms with Gasteiger partial charge in [-0.05, 0) is 47.5 Å². The third-order valence-corrected chi connectivity index (χ3v) is 3.83. The number of benzene rings is 2. The highest BCUT2D eigenvalue weighted by atomic mass is 16.5. The molecular weight excluding hydrogens is 284 g/mol. The summed E-state index contributed by atoms with van der Waals surface area (Å²) in [6.07, 6.45) is 3.66. The molecule has 0 radical (unpaired) electrons. The number of rotatable bonds is 4. The highest BCUT2D eigenvalue weighted by Crippen LogP contribution is 2.25. The molecule has 0 amide bonds. The minimum absolute atomic E-state index is 0.582. The number of aromatic nitrogens is 2. The number of nitrogens with one attached hydrogen (secondary N) is 1. The molecule has 0 aliphatic carbocycles. The first kappa shape index (κ1) is 13.6. The predicted octanol–water partition coefficient (Wildman–Crippen LogP) is 4.81. The average Bonchev–Trinajstić information content (AvgIpc) is 3.05. The van der Waals surface area contributed by atoms with Gasteiger partial charge in [-0.15, -0.1) is 0 Å². The van der Waals surface area contributed by atoms with Gasteiger partial charge in [-0.1, -0.05) is 30.3 Å². The average molecular weight is 300 g/mol. The van der Waals surface area contributed by atoms with Crippen LogP contribution < -0.4 is 4.74 Å². The summed E-state index contributed by atoms with van der Waals surface area (Å²) in [5, 5.41) is 1.12. The molecular formula is C20H16N2O. The lowest BCUT2D eigenvalue weighted by Gasteiger charge is -2.07. The fourth-order valence-corrected chi connectivity index (χ4v) is 2.60. The normalized spacial score (nSPS) is 10.8. The number of ether oxygens (including phenoxy) is 1. The maximum Gasteiger partial charge on any atom is 0.119 e. The van der Waals surface area contributed by atoms with E-state index in [1.165, 1.54) is 5.56 Å². The smallest absolute Gasteiger partial charge is 0.119 e. The molecule has 112 valence electrons. The number of fused-ring (bicyclic) bond motifs is 1. The minimum Gasteiger partial charge on any atom is -0.489 e. The van der Waals surface area contributed by atoms with Gasteiger partial charge in [0, 0.05) is 29.0 Å². The van der Waals surface area contributed by atoms with Crippen LogP contribution in [-0.2, 0) is 6.61 Å². The van der Waals surface area contributed by atoms with Crippen LogP contribution >= 0.6 is 0 Å². The molecule has 2 aromatic heterocycles. The largest absolute Gasteiger partial charge is 0.489 e. The Morgan fingerprint density at radius 1 is 0.913 bits per heavy atom. The van der Waals surface area contributed by atoms with Crippen molar-refractivity contribution < 1.29 is 4.74 Å². The Morgan fingerprint density at radius 3 is 2.52 bits per heavy atom. The Hall–Kier alpha value is -3.07. The molecule has 0 spiro atoms. The number of nitrogens with zero attached hydrogens (tertiary/aromatic N) is 1. The SMILES string of the molecule is c1ccc(COc2ccc(-c3cc4cnccc4[nH]3)cc2)cc1. The van der Waals surface area contributed by atoms with Crippen LogP contribution in [-0.4, -0.2) is 9.97 Å². The second kappa shape index (κ2) is 5.97. The Kier molecular flexibility index (Phi) is 3.53. The van der Waals surface area contributed by atoms with Crippen molar-refractivity contribution in [2.75, 3.05) is 0 Å². The third-order valence-electron chi connectivity index (χ3n) is 3.83. The molecule has 4 aromatic rings. The Balaban J connectivity index is 1.51. The Morgan fingerprint density at radius 2 is 1.74 bits per heavy atom. The molecule has 2 aromatic carbocycles. The summed E-state index contributed by atoms with van der Waals surface area (Å²) < 4.78 is 5.82. The van der Waals surface area contributed by atoms with Gasteiger partial charge in [-0.2, -0.15) is 0 Å². The predicted molar refractivity (Wildman–Crippen MR) is 92.3 cm³/mol. The zero-order valence-electron chi connectivity index (χ0n) is 12.6. The molecule has 0 unspecified atom stereocenters. The van der Waals surface area contributed by atoms with Crippen LogP contribution in [0.2, 0.25) is 0 Å². The lowest BCUT2D eigenvalue weighted by molar-refractivity contribution is 0.306. The van der Waals surface area contributed by atoms with Gasteiger partial charge in [-0.25, -0.2) is 0 Å². The van der Waals surface area contributed by atoms with Crippen LogP contribution in [0, 0.1) is 0 Å². The maximum absolute atomic E-state index is 5.82. The number of aromatic amines is 1. The first-order valence-electron chi connectivity index (χ1n) is 7.58. The van der Waals surface area contributed by atoms with Crippen LogP contribution in [0.4, 0.5) is 0 Å². The van der Waals surface area contributed by atoms with Gasteiger partial charge < -0.3 is 9.72 Å². The first-order valence-corrected chi connectivity index (χ1v) is 7.58. The van der Waals surface area contributed by atoms with Crippen molar-refractivity contribution >= 4 is 10.9 Å². The summed E-state index contributed by atoms with van der Waals surface area (Å²) in [5.41, 5.74) is 4.48. The van der Waals surface area contributed by atoms with E-state index >= 15 is 0 Å². The molecule has 0 aliphatic rings. The first-order chi connectivity index (χ1) is 11.4. The van der Waals surface area contributed by atoms with Crippen molar-refractivity contribution in [3.05, 3.63) is 84.7 Å². The van der Waals surface area contributed by atoms with E-state index in [9.17, 15) is 0 Å². The number of pyridine rings is 1. The second-order valence-corrected chi connectivity index (χ2v) is 5.44. The van der Waals surface area contributed by atoms with E-state index in [4.69, 9.17) is 4.74 Å². The van der Waals surface area contributed by atoms with Gasteiger partial charge in [0.2, 0.25) is 0 Å². The summed E-state index contributed by atoms with van der Waals surface area (Å²) >= 11 is 0. The van der Waals surface area contributed by atoms with E-state index in [-0.39, 0.29) is 0 Å². The fourth-order valence-electron chi connectivity index (χ4n) is 2.60.